The van der Waals surface area contributed by atoms with E-state index < -0.39 is 0 Å². The van der Waals surface area contributed by atoms with Gasteiger partial charge in [0, 0.05) is 24.8 Å². The number of hydrogen-bond donors (Lipinski definition) is 1. The van der Waals surface area contributed by atoms with Gasteiger partial charge < -0.3 is 10.1 Å². The van der Waals surface area contributed by atoms with Gasteiger partial charge in [0.15, 0.2) is 0 Å². The molecule has 1 N–H and O–H groups in total. The minimum Gasteiger partial charge on any atom is -0.385 e. The molecule has 1 atom stereocenters. The summed E-state index contributed by atoms with van der Waals surface area (Å²) in [6.07, 6.45) is 1.18. The topological polar surface area (TPSA) is 34.2 Å². The summed E-state index contributed by atoms with van der Waals surface area (Å²) in [5, 5.41) is 4.61. The van der Waals surface area contributed by atoms with E-state index in [9.17, 15) is 0 Å². The molecule has 0 bridgehead atoms. The lowest BCUT2D eigenvalue weighted by atomic mass is 10.1. The van der Waals surface area contributed by atoms with E-state index in [4.69, 9.17) is 4.74 Å². The number of hydrogen-bond acceptors (Lipinski definition) is 4. The minimum atomic E-state index is 0.661. The fourth-order valence-electron chi connectivity index (χ4n) is 2.16. The van der Waals surface area contributed by atoms with Gasteiger partial charge >= 0.3 is 0 Å². The number of anilines is 1. The van der Waals surface area contributed by atoms with Gasteiger partial charge in [-0.2, -0.15) is 0 Å². The smallest absolute Gasteiger partial charge is 0.0907 e. The van der Waals surface area contributed by atoms with Crippen molar-refractivity contribution in [3.63, 3.8) is 0 Å². The van der Waals surface area contributed by atoms with Gasteiger partial charge in [0.2, 0.25) is 0 Å². The number of benzene rings is 1. The molecule has 0 amide bonds. The molecule has 90 valence electrons. The fraction of sp³-hybridized carbons (Fsp3) is 0.462. The first-order chi connectivity index (χ1) is 8.31. The largest absolute Gasteiger partial charge is 0.385 e. The van der Waals surface area contributed by atoms with Gasteiger partial charge in [-0.3, -0.25) is 0 Å². The Bertz CT molecular complexity index is 517. The predicted octanol–water partition coefficient (Wildman–Crippen LogP) is 3.05. The van der Waals surface area contributed by atoms with Crippen LogP contribution in [0.1, 0.15) is 11.4 Å². The molecule has 1 unspecified atom stereocenters. The third kappa shape index (κ3) is 2.42. The number of aryl methyl sites for hydroxylation is 1. The molecule has 0 spiro atoms. The van der Waals surface area contributed by atoms with E-state index in [1.54, 1.807) is 11.3 Å². The van der Waals surface area contributed by atoms with Crippen molar-refractivity contribution in [2.45, 2.75) is 13.3 Å². The summed E-state index contributed by atoms with van der Waals surface area (Å²) < 4.78 is 6.63. The second-order valence-electron chi connectivity index (χ2n) is 4.53. The van der Waals surface area contributed by atoms with Crippen LogP contribution in [0.3, 0.4) is 0 Å². The summed E-state index contributed by atoms with van der Waals surface area (Å²) in [7, 11) is 0. The van der Waals surface area contributed by atoms with E-state index in [0.29, 0.717) is 5.92 Å². The molecule has 2 heterocycles. The van der Waals surface area contributed by atoms with Crippen molar-refractivity contribution in [3.8, 4) is 0 Å². The molecular weight excluding hydrogens is 232 g/mol. The summed E-state index contributed by atoms with van der Waals surface area (Å²) in [6, 6.07) is 6.39. The number of nitrogens with one attached hydrogen (secondary N) is 1. The molecule has 0 saturated carbocycles. The maximum absolute atomic E-state index is 5.37. The summed E-state index contributed by atoms with van der Waals surface area (Å²) in [4.78, 5) is 4.46. The predicted molar refractivity (Wildman–Crippen MR) is 71.8 cm³/mol. The van der Waals surface area contributed by atoms with Gasteiger partial charge in [0.25, 0.3) is 0 Å². The third-order valence-electron chi connectivity index (χ3n) is 3.11. The number of ether oxygens (including phenoxy) is 1. The highest BCUT2D eigenvalue weighted by molar-refractivity contribution is 7.18. The van der Waals surface area contributed by atoms with Crippen LogP contribution in [-0.2, 0) is 4.74 Å². The van der Waals surface area contributed by atoms with Crippen molar-refractivity contribution in [1.82, 2.24) is 4.98 Å². The molecule has 3 nitrogen and oxygen atoms in total. The molecule has 4 heteroatoms. The minimum absolute atomic E-state index is 0.661. The van der Waals surface area contributed by atoms with Crippen LogP contribution in [0.4, 0.5) is 5.69 Å². The number of thiazole rings is 1. The lowest BCUT2D eigenvalue weighted by Crippen LogP contribution is -2.13. The van der Waals surface area contributed by atoms with E-state index >= 15 is 0 Å². The van der Waals surface area contributed by atoms with Crippen LogP contribution in [0.15, 0.2) is 18.2 Å². The molecule has 1 fully saturated rings. The van der Waals surface area contributed by atoms with E-state index in [2.05, 4.69) is 28.5 Å². The monoisotopic (exact) mass is 248 g/mol. The Hall–Kier alpha value is -1.13. The number of rotatable bonds is 3. The molecule has 0 radical (unpaired) electrons. The van der Waals surface area contributed by atoms with Crippen molar-refractivity contribution in [1.29, 1.82) is 0 Å². The summed E-state index contributed by atoms with van der Waals surface area (Å²) in [6.45, 7) is 4.87. The lowest BCUT2D eigenvalue weighted by Gasteiger charge is -2.10. The van der Waals surface area contributed by atoms with Gasteiger partial charge in [0.05, 0.1) is 21.8 Å². The Morgan fingerprint density at radius 1 is 1.53 bits per heavy atom. The maximum atomic E-state index is 5.37. The number of nitrogens with zero attached hydrogens (tertiary/aromatic N) is 1. The Morgan fingerprint density at radius 2 is 2.47 bits per heavy atom. The second kappa shape index (κ2) is 4.63. The highest BCUT2D eigenvalue weighted by Gasteiger charge is 2.15. The maximum Gasteiger partial charge on any atom is 0.0907 e. The molecule has 1 saturated heterocycles. The summed E-state index contributed by atoms with van der Waals surface area (Å²) in [5.74, 6) is 0.661. The molecule has 0 aliphatic carbocycles. The number of fused-ring (bicyclic) bond motifs is 1. The zero-order chi connectivity index (χ0) is 11.7. The molecule has 17 heavy (non-hydrogen) atoms. The number of aromatic nitrogens is 1. The average Bonchev–Trinajstić information content (AvgIpc) is 2.92. The van der Waals surface area contributed by atoms with Crippen LogP contribution in [0, 0.1) is 12.8 Å². The van der Waals surface area contributed by atoms with Crippen molar-refractivity contribution < 1.29 is 4.74 Å². The highest BCUT2D eigenvalue weighted by atomic mass is 32.1. The standard InChI is InChI=1S/C13H16N2OS/c1-9-15-12-3-2-11(6-13(12)17-9)14-7-10-4-5-16-8-10/h2-3,6,10,14H,4-5,7-8H2,1H3. The first-order valence-corrected chi connectivity index (χ1v) is 6.82. The first kappa shape index (κ1) is 11.0. The second-order valence-corrected chi connectivity index (χ2v) is 5.76. The Balaban J connectivity index is 1.71. The average molecular weight is 248 g/mol. The van der Waals surface area contributed by atoms with Crippen molar-refractivity contribution in [2.75, 3.05) is 25.1 Å². The van der Waals surface area contributed by atoms with Gasteiger partial charge in [-0.1, -0.05) is 0 Å². The van der Waals surface area contributed by atoms with Gasteiger partial charge in [-0.25, -0.2) is 4.98 Å². The molecule has 1 aromatic carbocycles. The van der Waals surface area contributed by atoms with Crippen molar-refractivity contribution in [3.05, 3.63) is 23.2 Å². The van der Waals surface area contributed by atoms with Crippen LogP contribution in [-0.4, -0.2) is 24.7 Å². The van der Waals surface area contributed by atoms with Crippen LogP contribution in [0.25, 0.3) is 10.2 Å². The molecule has 1 aromatic heterocycles. The zero-order valence-corrected chi connectivity index (χ0v) is 10.7. The third-order valence-corrected chi connectivity index (χ3v) is 4.05. The van der Waals surface area contributed by atoms with Gasteiger partial charge in [-0.05, 0) is 31.5 Å². The van der Waals surface area contributed by atoms with E-state index in [1.165, 1.54) is 16.8 Å². The first-order valence-electron chi connectivity index (χ1n) is 6.00. The molecule has 1 aliphatic heterocycles. The van der Waals surface area contributed by atoms with E-state index in [0.717, 1.165) is 30.3 Å². The van der Waals surface area contributed by atoms with E-state index in [-0.39, 0.29) is 0 Å². The fourth-order valence-corrected chi connectivity index (χ4v) is 3.02. The Morgan fingerprint density at radius 3 is 3.29 bits per heavy atom. The summed E-state index contributed by atoms with van der Waals surface area (Å²) in [5.41, 5.74) is 2.29. The van der Waals surface area contributed by atoms with E-state index in [1.807, 2.05) is 6.92 Å². The van der Waals surface area contributed by atoms with Gasteiger partial charge in [-0.15, -0.1) is 11.3 Å². The lowest BCUT2D eigenvalue weighted by molar-refractivity contribution is 0.187. The SMILES string of the molecule is Cc1nc2ccc(NCC3CCOC3)cc2s1. The zero-order valence-electron chi connectivity index (χ0n) is 9.90. The molecule has 1 aliphatic rings. The molecule has 3 rings (SSSR count). The van der Waals surface area contributed by atoms with Crippen LogP contribution >= 0.6 is 11.3 Å². The van der Waals surface area contributed by atoms with Crippen molar-refractivity contribution in [2.24, 2.45) is 5.92 Å². The summed E-state index contributed by atoms with van der Waals surface area (Å²) >= 11 is 1.75. The molecule has 2 aromatic rings. The Labute approximate surface area is 105 Å². The van der Waals surface area contributed by atoms with Crippen LogP contribution in [0.5, 0.6) is 0 Å². The molecular formula is C13H16N2OS. The normalized spacial score (nSPS) is 19.9. The van der Waals surface area contributed by atoms with Crippen LogP contribution < -0.4 is 5.32 Å². The van der Waals surface area contributed by atoms with Crippen LogP contribution in [0.2, 0.25) is 0 Å². The van der Waals surface area contributed by atoms with Crippen molar-refractivity contribution >= 4 is 27.2 Å². The highest BCUT2D eigenvalue weighted by Crippen LogP contribution is 2.25. The quantitative estimate of drug-likeness (QED) is 0.906. The Kier molecular flexibility index (Phi) is 2.99. The van der Waals surface area contributed by atoms with Gasteiger partial charge in [0.1, 0.15) is 0 Å².